The number of rotatable bonds is 6. The summed E-state index contributed by atoms with van der Waals surface area (Å²) in [5.74, 6) is 0.917. The molecular formula is C18H28O4. The van der Waals surface area contributed by atoms with Crippen molar-refractivity contribution in [2.24, 2.45) is 17.3 Å². The second kappa shape index (κ2) is 5.48. The number of carboxylic acids is 1. The summed E-state index contributed by atoms with van der Waals surface area (Å²) in [5, 5.41) is 9.68. The number of hydrogen-bond acceptors (Lipinski definition) is 3. The molecule has 2 heterocycles. The fourth-order valence-electron chi connectivity index (χ4n) is 5.11. The molecule has 0 bridgehead atoms. The van der Waals surface area contributed by atoms with E-state index in [1.165, 1.54) is 25.7 Å². The number of carboxylic acid groups (broad SMARTS) is 1. The molecule has 2 saturated heterocycles. The number of unbranched alkanes of at least 4 members (excludes halogenated alkanes) is 1. The number of epoxide rings is 2. The summed E-state index contributed by atoms with van der Waals surface area (Å²) < 4.78 is 11.2. The van der Waals surface area contributed by atoms with Crippen LogP contribution in [0.4, 0.5) is 0 Å². The Bertz CT molecular complexity index is 450. The normalized spacial score (nSPS) is 49.1. The van der Waals surface area contributed by atoms with Crippen LogP contribution in [-0.4, -0.2) is 35.5 Å². The smallest absolute Gasteiger partial charge is 0.309 e. The molecule has 7 unspecified atom stereocenters. The number of aliphatic carboxylic acids is 1. The third-order valence-corrected chi connectivity index (χ3v) is 6.61. The zero-order valence-electron chi connectivity index (χ0n) is 13.5. The van der Waals surface area contributed by atoms with E-state index in [4.69, 9.17) is 9.47 Å². The molecule has 7 atom stereocenters. The van der Waals surface area contributed by atoms with E-state index in [-0.39, 0.29) is 6.10 Å². The third kappa shape index (κ3) is 2.80. The highest BCUT2D eigenvalue weighted by atomic mass is 16.6. The molecule has 0 spiro atoms. The Morgan fingerprint density at radius 2 is 2.05 bits per heavy atom. The molecular weight excluding hydrogens is 280 g/mol. The second-order valence-electron chi connectivity index (χ2n) is 8.24. The SMILES string of the molecule is CC1CC(CCCCC2(C(=O)O)CCC3OC3C2)CC2OC12. The zero-order chi connectivity index (χ0) is 15.3. The minimum absolute atomic E-state index is 0.244. The van der Waals surface area contributed by atoms with Gasteiger partial charge in [-0.05, 0) is 50.4 Å². The predicted octanol–water partition coefficient (Wildman–Crippen LogP) is 3.38. The van der Waals surface area contributed by atoms with Crippen LogP contribution in [0, 0.1) is 17.3 Å². The lowest BCUT2D eigenvalue weighted by Crippen LogP contribution is -2.36. The molecule has 2 aliphatic carbocycles. The second-order valence-corrected chi connectivity index (χ2v) is 8.24. The Morgan fingerprint density at radius 1 is 1.18 bits per heavy atom. The average Bonchev–Trinajstić information content (AvgIpc) is 3.36. The van der Waals surface area contributed by atoms with Crippen LogP contribution in [0.1, 0.15) is 64.7 Å². The van der Waals surface area contributed by atoms with E-state index in [9.17, 15) is 9.90 Å². The van der Waals surface area contributed by atoms with E-state index in [1.54, 1.807) is 0 Å². The molecule has 1 N–H and O–H groups in total. The van der Waals surface area contributed by atoms with Crippen LogP contribution in [0.2, 0.25) is 0 Å². The molecule has 2 aliphatic heterocycles. The van der Waals surface area contributed by atoms with Gasteiger partial charge in [0.05, 0.1) is 29.8 Å². The van der Waals surface area contributed by atoms with Crippen molar-refractivity contribution in [2.45, 2.75) is 89.1 Å². The van der Waals surface area contributed by atoms with Crippen LogP contribution in [0.3, 0.4) is 0 Å². The topological polar surface area (TPSA) is 62.4 Å². The van der Waals surface area contributed by atoms with Gasteiger partial charge in [-0.2, -0.15) is 0 Å². The van der Waals surface area contributed by atoms with Crippen LogP contribution in [0.5, 0.6) is 0 Å². The van der Waals surface area contributed by atoms with E-state index in [0.29, 0.717) is 18.3 Å². The molecule has 124 valence electrons. The minimum Gasteiger partial charge on any atom is -0.481 e. The molecule has 22 heavy (non-hydrogen) atoms. The molecule has 0 aromatic heterocycles. The zero-order valence-corrected chi connectivity index (χ0v) is 13.5. The van der Waals surface area contributed by atoms with Crippen molar-refractivity contribution in [1.29, 1.82) is 0 Å². The first-order valence-electron chi connectivity index (χ1n) is 9.12. The number of fused-ring (bicyclic) bond motifs is 2. The minimum atomic E-state index is -0.595. The summed E-state index contributed by atoms with van der Waals surface area (Å²) >= 11 is 0. The Labute approximate surface area is 132 Å². The first-order chi connectivity index (χ1) is 10.6. The predicted molar refractivity (Wildman–Crippen MR) is 81.6 cm³/mol. The lowest BCUT2D eigenvalue weighted by Gasteiger charge is -2.31. The standard InChI is InChI=1S/C18H28O4/c1-11-8-12(9-14-16(11)22-14)4-2-3-6-18(17(19)20)7-5-13-15(10-18)21-13/h11-16H,2-10H2,1H3,(H,19,20). The van der Waals surface area contributed by atoms with Gasteiger partial charge in [-0.3, -0.25) is 4.79 Å². The molecule has 4 rings (SSSR count). The van der Waals surface area contributed by atoms with Crippen LogP contribution in [0.25, 0.3) is 0 Å². The van der Waals surface area contributed by atoms with E-state index < -0.39 is 11.4 Å². The van der Waals surface area contributed by atoms with Crippen molar-refractivity contribution >= 4 is 5.97 Å². The summed E-state index contributed by atoms with van der Waals surface area (Å²) in [7, 11) is 0. The van der Waals surface area contributed by atoms with Crippen LogP contribution >= 0.6 is 0 Å². The van der Waals surface area contributed by atoms with Gasteiger partial charge in [0.2, 0.25) is 0 Å². The maximum Gasteiger partial charge on any atom is 0.309 e. The van der Waals surface area contributed by atoms with E-state index in [1.807, 2.05) is 0 Å². The molecule has 0 aromatic carbocycles. The number of ether oxygens (including phenoxy) is 2. The maximum absolute atomic E-state index is 11.8. The summed E-state index contributed by atoms with van der Waals surface area (Å²) in [6.45, 7) is 2.31. The van der Waals surface area contributed by atoms with Crippen molar-refractivity contribution < 1.29 is 19.4 Å². The van der Waals surface area contributed by atoms with Gasteiger partial charge in [0.15, 0.2) is 0 Å². The summed E-state index contributed by atoms with van der Waals surface area (Å²) in [6, 6.07) is 0. The Morgan fingerprint density at radius 3 is 2.77 bits per heavy atom. The first kappa shape index (κ1) is 14.9. The first-order valence-corrected chi connectivity index (χ1v) is 9.12. The molecule has 0 aromatic rings. The molecule has 2 saturated carbocycles. The molecule has 4 fully saturated rings. The lowest BCUT2D eigenvalue weighted by molar-refractivity contribution is -0.151. The van der Waals surface area contributed by atoms with Crippen molar-refractivity contribution in [3.05, 3.63) is 0 Å². The van der Waals surface area contributed by atoms with Crippen molar-refractivity contribution in [2.75, 3.05) is 0 Å². The molecule has 0 amide bonds. The molecule has 4 heteroatoms. The quantitative estimate of drug-likeness (QED) is 0.603. The Hall–Kier alpha value is -0.610. The lowest BCUT2D eigenvalue weighted by atomic mass is 9.70. The Kier molecular flexibility index (Phi) is 3.73. The van der Waals surface area contributed by atoms with Gasteiger partial charge >= 0.3 is 5.97 Å². The number of hydrogen-bond donors (Lipinski definition) is 1. The van der Waals surface area contributed by atoms with Gasteiger partial charge in [0.25, 0.3) is 0 Å². The largest absolute Gasteiger partial charge is 0.481 e. The number of carbonyl (C=O) groups is 1. The highest BCUT2D eigenvalue weighted by Gasteiger charge is 2.53. The summed E-state index contributed by atoms with van der Waals surface area (Å²) in [5.41, 5.74) is -0.498. The van der Waals surface area contributed by atoms with Crippen molar-refractivity contribution in [1.82, 2.24) is 0 Å². The van der Waals surface area contributed by atoms with Crippen molar-refractivity contribution in [3.8, 4) is 0 Å². The van der Waals surface area contributed by atoms with Gasteiger partial charge in [0, 0.05) is 0 Å². The van der Waals surface area contributed by atoms with Crippen LogP contribution in [-0.2, 0) is 14.3 Å². The molecule has 0 radical (unpaired) electrons. The third-order valence-electron chi connectivity index (χ3n) is 6.61. The average molecular weight is 308 g/mol. The summed E-state index contributed by atoms with van der Waals surface area (Å²) in [4.78, 5) is 11.8. The van der Waals surface area contributed by atoms with Gasteiger partial charge < -0.3 is 14.6 Å². The highest BCUT2D eigenvalue weighted by Crippen LogP contribution is 2.49. The monoisotopic (exact) mass is 308 g/mol. The van der Waals surface area contributed by atoms with Crippen LogP contribution in [0.15, 0.2) is 0 Å². The van der Waals surface area contributed by atoms with Gasteiger partial charge in [-0.25, -0.2) is 0 Å². The molecule has 4 nitrogen and oxygen atoms in total. The Balaban J connectivity index is 1.22. The highest BCUT2D eigenvalue weighted by molar-refractivity contribution is 5.75. The maximum atomic E-state index is 11.8. The van der Waals surface area contributed by atoms with E-state index in [0.717, 1.165) is 43.9 Å². The van der Waals surface area contributed by atoms with Gasteiger partial charge in [-0.1, -0.05) is 26.2 Å². The van der Waals surface area contributed by atoms with E-state index >= 15 is 0 Å². The van der Waals surface area contributed by atoms with Gasteiger partial charge in [0.1, 0.15) is 0 Å². The van der Waals surface area contributed by atoms with Crippen LogP contribution < -0.4 is 0 Å². The fourth-order valence-corrected chi connectivity index (χ4v) is 5.11. The molecule has 4 aliphatic rings. The fraction of sp³-hybridized carbons (Fsp3) is 0.944. The summed E-state index contributed by atoms with van der Waals surface area (Å²) in [6.07, 6.45) is 11.0. The van der Waals surface area contributed by atoms with Gasteiger partial charge in [-0.15, -0.1) is 0 Å². The van der Waals surface area contributed by atoms with E-state index in [2.05, 4.69) is 6.92 Å². The van der Waals surface area contributed by atoms with Crippen molar-refractivity contribution in [3.63, 3.8) is 0 Å².